The molecule has 0 aliphatic carbocycles. The average molecular weight is 285 g/mol. The van der Waals surface area contributed by atoms with E-state index in [-0.39, 0.29) is 11.8 Å². The fourth-order valence-corrected chi connectivity index (χ4v) is 1.84. The first kappa shape index (κ1) is 13.2. The molecule has 2 N–H and O–H groups in total. The fraction of sp³-hybridized carbons (Fsp3) is 0.417. The van der Waals surface area contributed by atoms with Gasteiger partial charge in [-0.25, -0.2) is 0 Å². The summed E-state index contributed by atoms with van der Waals surface area (Å²) in [6.45, 7) is 4.20. The standard InChI is InChI=1S/C12H17BrN2O/c1-8-4-5-10(13)6-11(8)15(3)12(16)9(2)7-14/h4-6,9H,7,14H2,1-3H3. The number of hydrogen-bond acceptors (Lipinski definition) is 2. The fourth-order valence-electron chi connectivity index (χ4n) is 1.49. The molecule has 88 valence electrons. The molecule has 4 heteroatoms. The van der Waals surface area contributed by atoms with Gasteiger partial charge in [-0.1, -0.05) is 28.9 Å². The number of rotatable bonds is 3. The minimum atomic E-state index is -0.150. The van der Waals surface area contributed by atoms with Crippen molar-refractivity contribution in [2.45, 2.75) is 13.8 Å². The molecule has 0 saturated carbocycles. The highest BCUT2D eigenvalue weighted by Gasteiger charge is 2.18. The third-order valence-electron chi connectivity index (χ3n) is 2.64. The van der Waals surface area contributed by atoms with E-state index < -0.39 is 0 Å². The van der Waals surface area contributed by atoms with Crippen LogP contribution in [0.25, 0.3) is 0 Å². The molecule has 1 unspecified atom stereocenters. The van der Waals surface area contributed by atoms with Crippen molar-refractivity contribution >= 4 is 27.5 Å². The summed E-state index contributed by atoms with van der Waals surface area (Å²) in [4.78, 5) is 13.6. The Kier molecular flexibility index (Phi) is 4.50. The van der Waals surface area contributed by atoms with E-state index in [1.165, 1.54) is 0 Å². The molecule has 1 aromatic carbocycles. The molecule has 0 spiro atoms. The Morgan fingerprint density at radius 2 is 2.19 bits per heavy atom. The Morgan fingerprint density at radius 3 is 2.75 bits per heavy atom. The number of carbonyl (C=O) groups excluding carboxylic acids is 1. The minimum Gasteiger partial charge on any atom is -0.330 e. The van der Waals surface area contributed by atoms with E-state index in [0.29, 0.717) is 6.54 Å². The number of amides is 1. The van der Waals surface area contributed by atoms with E-state index in [4.69, 9.17) is 5.73 Å². The Bertz CT molecular complexity index is 393. The van der Waals surface area contributed by atoms with Crippen molar-refractivity contribution in [2.24, 2.45) is 11.7 Å². The summed E-state index contributed by atoms with van der Waals surface area (Å²) >= 11 is 3.41. The largest absolute Gasteiger partial charge is 0.330 e. The number of benzene rings is 1. The van der Waals surface area contributed by atoms with E-state index in [0.717, 1.165) is 15.7 Å². The maximum absolute atomic E-state index is 12.0. The number of aryl methyl sites for hydroxylation is 1. The van der Waals surface area contributed by atoms with Gasteiger partial charge in [0.05, 0.1) is 0 Å². The van der Waals surface area contributed by atoms with Crippen LogP contribution in [-0.2, 0) is 4.79 Å². The zero-order valence-corrected chi connectivity index (χ0v) is 11.4. The van der Waals surface area contributed by atoms with Gasteiger partial charge in [0, 0.05) is 29.7 Å². The lowest BCUT2D eigenvalue weighted by Crippen LogP contribution is -2.35. The molecule has 1 rings (SSSR count). The Labute approximate surface area is 105 Å². The summed E-state index contributed by atoms with van der Waals surface area (Å²) in [6.07, 6.45) is 0. The molecular formula is C12H17BrN2O. The highest BCUT2D eigenvalue weighted by atomic mass is 79.9. The lowest BCUT2D eigenvalue weighted by molar-refractivity contribution is -0.121. The maximum Gasteiger partial charge on any atom is 0.230 e. The van der Waals surface area contributed by atoms with Crippen LogP contribution in [0.4, 0.5) is 5.69 Å². The maximum atomic E-state index is 12.0. The van der Waals surface area contributed by atoms with E-state index in [1.807, 2.05) is 32.0 Å². The van der Waals surface area contributed by atoms with Crippen LogP contribution in [0.3, 0.4) is 0 Å². The lowest BCUT2D eigenvalue weighted by Gasteiger charge is -2.22. The summed E-state index contributed by atoms with van der Waals surface area (Å²) in [5.41, 5.74) is 7.49. The number of nitrogens with zero attached hydrogens (tertiary/aromatic N) is 1. The van der Waals surface area contributed by atoms with Crippen LogP contribution in [0.15, 0.2) is 22.7 Å². The topological polar surface area (TPSA) is 46.3 Å². The summed E-state index contributed by atoms with van der Waals surface area (Å²) in [6, 6.07) is 5.89. The van der Waals surface area contributed by atoms with Crippen molar-refractivity contribution in [3.05, 3.63) is 28.2 Å². The number of hydrogen-bond donors (Lipinski definition) is 1. The second-order valence-electron chi connectivity index (χ2n) is 3.96. The molecule has 3 nitrogen and oxygen atoms in total. The lowest BCUT2D eigenvalue weighted by atomic mass is 10.1. The molecule has 0 aromatic heterocycles. The van der Waals surface area contributed by atoms with Gasteiger partial charge in [-0.15, -0.1) is 0 Å². The molecule has 0 bridgehead atoms. The monoisotopic (exact) mass is 284 g/mol. The molecular weight excluding hydrogens is 268 g/mol. The van der Waals surface area contributed by atoms with E-state index >= 15 is 0 Å². The summed E-state index contributed by atoms with van der Waals surface area (Å²) in [5.74, 6) is -0.105. The van der Waals surface area contributed by atoms with Gasteiger partial charge < -0.3 is 10.6 Å². The second kappa shape index (κ2) is 5.46. The van der Waals surface area contributed by atoms with Gasteiger partial charge in [0.25, 0.3) is 0 Å². The van der Waals surface area contributed by atoms with Crippen LogP contribution in [0, 0.1) is 12.8 Å². The quantitative estimate of drug-likeness (QED) is 0.926. The molecule has 0 radical (unpaired) electrons. The van der Waals surface area contributed by atoms with Gasteiger partial charge in [-0.05, 0) is 24.6 Å². The summed E-state index contributed by atoms with van der Waals surface area (Å²) in [5, 5.41) is 0. The number of nitrogens with two attached hydrogens (primary N) is 1. The molecule has 0 aliphatic rings. The molecule has 0 fully saturated rings. The second-order valence-corrected chi connectivity index (χ2v) is 4.88. The van der Waals surface area contributed by atoms with Crippen molar-refractivity contribution in [1.82, 2.24) is 0 Å². The van der Waals surface area contributed by atoms with E-state index in [9.17, 15) is 4.79 Å². The Balaban J connectivity index is 3.00. The molecule has 1 aromatic rings. The normalized spacial score (nSPS) is 12.3. The van der Waals surface area contributed by atoms with Crippen molar-refractivity contribution in [3.8, 4) is 0 Å². The number of halogens is 1. The summed E-state index contributed by atoms with van der Waals surface area (Å²) < 4.78 is 0.966. The van der Waals surface area contributed by atoms with Gasteiger partial charge in [0.15, 0.2) is 0 Å². The predicted octanol–water partition coefficient (Wildman–Crippen LogP) is 2.32. The van der Waals surface area contributed by atoms with Gasteiger partial charge in [0.2, 0.25) is 5.91 Å². The first-order valence-corrected chi connectivity index (χ1v) is 6.00. The third-order valence-corrected chi connectivity index (χ3v) is 3.13. The molecule has 0 saturated heterocycles. The van der Waals surface area contributed by atoms with E-state index in [2.05, 4.69) is 15.9 Å². The van der Waals surface area contributed by atoms with Crippen molar-refractivity contribution < 1.29 is 4.79 Å². The third kappa shape index (κ3) is 2.83. The van der Waals surface area contributed by atoms with Gasteiger partial charge >= 0.3 is 0 Å². The number of anilines is 1. The average Bonchev–Trinajstić information content (AvgIpc) is 2.29. The first-order valence-electron chi connectivity index (χ1n) is 5.21. The van der Waals surface area contributed by atoms with Crippen LogP contribution < -0.4 is 10.6 Å². The highest BCUT2D eigenvalue weighted by molar-refractivity contribution is 9.10. The van der Waals surface area contributed by atoms with Gasteiger partial charge in [-0.2, -0.15) is 0 Å². The summed E-state index contributed by atoms with van der Waals surface area (Å²) in [7, 11) is 1.78. The van der Waals surface area contributed by atoms with Crippen LogP contribution in [0.2, 0.25) is 0 Å². The van der Waals surface area contributed by atoms with E-state index in [1.54, 1.807) is 11.9 Å². The molecule has 0 aliphatic heterocycles. The van der Waals surface area contributed by atoms with Crippen LogP contribution in [-0.4, -0.2) is 19.5 Å². The van der Waals surface area contributed by atoms with Gasteiger partial charge in [-0.3, -0.25) is 4.79 Å². The highest BCUT2D eigenvalue weighted by Crippen LogP contribution is 2.24. The Morgan fingerprint density at radius 1 is 1.56 bits per heavy atom. The molecule has 0 heterocycles. The zero-order valence-electron chi connectivity index (χ0n) is 9.83. The predicted molar refractivity (Wildman–Crippen MR) is 70.5 cm³/mol. The SMILES string of the molecule is Cc1ccc(Br)cc1N(C)C(=O)C(C)CN. The van der Waals surface area contributed by atoms with Crippen molar-refractivity contribution in [1.29, 1.82) is 0 Å². The zero-order chi connectivity index (χ0) is 12.3. The van der Waals surface area contributed by atoms with Crippen molar-refractivity contribution in [2.75, 3.05) is 18.5 Å². The minimum absolute atomic E-state index is 0.0451. The molecule has 1 amide bonds. The molecule has 1 atom stereocenters. The molecule has 16 heavy (non-hydrogen) atoms. The number of carbonyl (C=O) groups is 1. The Hall–Kier alpha value is -0.870. The van der Waals surface area contributed by atoms with Crippen molar-refractivity contribution in [3.63, 3.8) is 0 Å². The van der Waals surface area contributed by atoms with Crippen LogP contribution in [0.1, 0.15) is 12.5 Å². The smallest absolute Gasteiger partial charge is 0.230 e. The van der Waals surface area contributed by atoms with Crippen LogP contribution in [0.5, 0.6) is 0 Å². The van der Waals surface area contributed by atoms with Crippen LogP contribution >= 0.6 is 15.9 Å². The first-order chi connectivity index (χ1) is 7.47. The van der Waals surface area contributed by atoms with Gasteiger partial charge in [0.1, 0.15) is 0 Å².